The van der Waals surface area contributed by atoms with Crippen LogP contribution in [0.25, 0.3) is 0 Å². The SMILES string of the molecule is CP1(F)(c2ccccc2)OC(C(F)(F)F)(C(F)(F)F)c2ccccc21. The Balaban J connectivity index is 2.44. The van der Waals surface area contributed by atoms with Crippen molar-refractivity contribution in [3.8, 4) is 0 Å². The van der Waals surface area contributed by atoms with E-state index in [9.17, 15) is 26.3 Å². The molecule has 1 heterocycles. The van der Waals surface area contributed by atoms with E-state index >= 15 is 4.20 Å². The van der Waals surface area contributed by atoms with Gasteiger partial charge in [0.05, 0.1) is 0 Å². The van der Waals surface area contributed by atoms with Gasteiger partial charge in [-0.25, -0.2) is 0 Å². The second-order valence-corrected chi connectivity index (χ2v) is 9.80. The zero-order valence-electron chi connectivity index (χ0n) is 12.7. The van der Waals surface area contributed by atoms with Gasteiger partial charge in [-0.15, -0.1) is 0 Å². The predicted octanol–water partition coefficient (Wildman–Crippen LogP) is 4.97. The Bertz CT molecular complexity index is 797. The van der Waals surface area contributed by atoms with Gasteiger partial charge in [0.2, 0.25) is 0 Å². The summed E-state index contributed by atoms with van der Waals surface area (Å²) < 4.78 is 102. The zero-order chi connectivity index (χ0) is 18.8. The van der Waals surface area contributed by atoms with Crippen molar-refractivity contribution in [1.82, 2.24) is 0 Å². The summed E-state index contributed by atoms with van der Waals surface area (Å²) in [4.78, 5) is 0. The molecule has 0 aliphatic carbocycles. The van der Waals surface area contributed by atoms with E-state index in [-0.39, 0.29) is 5.30 Å². The molecule has 0 aromatic heterocycles. The van der Waals surface area contributed by atoms with Crippen LogP contribution < -0.4 is 10.6 Å². The van der Waals surface area contributed by atoms with Crippen LogP contribution in [-0.2, 0) is 10.1 Å². The van der Waals surface area contributed by atoms with Crippen molar-refractivity contribution in [2.75, 3.05) is 6.66 Å². The van der Waals surface area contributed by atoms with E-state index in [0.717, 1.165) is 24.3 Å². The summed E-state index contributed by atoms with van der Waals surface area (Å²) in [6.07, 6.45) is -11.8. The third-order valence-electron chi connectivity index (χ3n) is 4.33. The Morgan fingerprint density at radius 1 is 0.800 bits per heavy atom. The molecule has 0 bridgehead atoms. The number of alkyl halides is 6. The van der Waals surface area contributed by atoms with E-state index in [2.05, 4.69) is 4.52 Å². The third kappa shape index (κ3) is 2.23. The first-order chi connectivity index (χ1) is 11.3. The molecule has 1 nitrogen and oxygen atoms in total. The Morgan fingerprint density at radius 3 is 1.80 bits per heavy atom. The third-order valence-corrected chi connectivity index (χ3v) is 8.01. The molecule has 0 atom stereocenters. The first kappa shape index (κ1) is 18.1. The van der Waals surface area contributed by atoms with Gasteiger partial charge in [0.15, 0.2) is 0 Å². The summed E-state index contributed by atoms with van der Waals surface area (Å²) in [6.45, 7) is 0.707. The minimum absolute atomic E-state index is 0.337. The molecule has 136 valence electrons. The van der Waals surface area contributed by atoms with Crippen LogP contribution in [0.15, 0.2) is 54.6 Å². The van der Waals surface area contributed by atoms with Gasteiger partial charge in [-0.1, -0.05) is 0 Å². The standard InChI is InChI=1S/C16H12F7OP/c1-25(23,11-7-3-2-4-8-11)13-10-6-5-9-12(13)14(24-25,15(17,18)19)16(20,21)22/h2-10H,1H3. The summed E-state index contributed by atoms with van der Waals surface area (Å²) in [6, 6.07) is 10.2. The van der Waals surface area contributed by atoms with Crippen molar-refractivity contribution in [3.63, 3.8) is 0 Å². The molecule has 0 radical (unpaired) electrons. The van der Waals surface area contributed by atoms with Gasteiger partial charge >= 0.3 is 138 Å². The quantitative estimate of drug-likeness (QED) is 0.498. The van der Waals surface area contributed by atoms with Crippen LogP contribution in [0.4, 0.5) is 30.5 Å². The Hall–Kier alpha value is -1.66. The summed E-state index contributed by atoms with van der Waals surface area (Å²) in [7, 11) is -5.68. The van der Waals surface area contributed by atoms with Gasteiger partial charge in [0, 0.05) is 0 Å². The normalized spacial score (nSPS) is 22.6. The summed E-state index contributed by atoms with van der Waals surface area (Å²) in [5.41, 5.74) is -5.96. The Kier molecular flexibility index (Phi) is 3.59. The second-order valence-electron chi connectivity index (χ2n) is 5.95. The van der Waals surface area contributed by atoms with E-state index in [1.54, 1.807) is 0 Å². The number of halogens is 7. The van der Waals surface area contributed by atoms with Gasteiger partial charge in [-0.2, -0.15) is 0 Å². The number of hydrogen-bond donors (Lipinski definition) is 0. The molecule has 0 spiro atoms. The maximum atomic E-state index is 16.2. The predicted molar refractivity (Wildman–Crippen MR) is 81.0 cm³/mol. The molecule has 0 amide bonds. The molecule has 9 heteroatoms. The van der Waals surface area contributed by atoms with Crippen LogP contribution in [0.2, 0.25) is 0 Å². The van der Waals surface area contributed by atoms with Crippen LogP contribution in [0.1, 0.15) is 5.56 Å². The molecular weight excluding hydrogens is 372 g/mol. The molecule has 3 rings (SSSR count). The van der Waals surface area contributed by atoms with Crippen molar-refractivity contribution >= 4 is 17.8 Å². The van der Waals surface area contributed by atoms with Crippen LogP contribution >= 0.6 is 7.14 Å². The van der Waals surface area contributed by atoms with Crippen molar-refractivity contribution in [2.24, 2.45) is 0 Å². The average Bonchev–Trinajstić information content (AvgIpc) is 2.76. The monoisotopic (exact) mass is 384 g/mol. The molecular formula is C16H12F7OP. The number of hydrogen-bond acceptors (Lipinski definition) is 1. The van der Waals surface area contributed by atoms with Crippen LogP contribution in [0.5, 0.6) is 0 Å². The molecule has 2 aromatic carbocycles. The molecule has 0 saturated heterocycles. The number of fused-ring (bicyclic) bond motifs is 1. The summed E-state index contributed by atoms with van der Waals surface area (Å²) >= 11 is 0. The van der Waals surface area contributed by atoms with E-state index in [1.165, 1.54) is 24.3 Å². The average molecular weight is 384 g/mol. The Morgan fingerprint density at radius 2 is 1.28 bits per heavy atom. The first-order valence-corrected chi connectivity index (χ1v) is 9.56. The molecule has 2 aromatic rings. The molecule has 0 fully saturated rings. The number of rotatable bonds is 1. The van der Waals surface area contributed by atoms with Crippen LogP contribution in [-0.4, -0.2) is 19.0 Å². The van der Waals surface area contributed by atoms with Gasteiger partial charge in [-0.3, -0.25) is 0 Å². The van der Waals surface area contributed by atoms with Crippen molar-refractivity contribution < 1.29 is 35.1 Å². The molecule has 25 heavy (non-hydrogen) atoms. The molecule has 0 N–H and O–H groups in total. The number of benzene rings is 2. The second kappa shape index (κ2) is 4.95. The fourth-order valence-corrected chi connectivity index (χ4v) is 6.67. The molecule has 0 unspecified atom stereocenters. The maximum absolute atomic E-state index is 16.2. The summed E-state index contributed by atoms with van der Waals surface area (Å²) in [5, 5.41) is -1.04. The molecule has 1 aliphatic heterocycles. The zero-order valence-corrected chi connectivity index (χ0v) is 13.6. The van der Waals surface area contributed by atoms with E-state index in [0.29, 0.717) is 12.7 Å². The van der Waals surface area contributed by atoms with Gasteiger partial charge < -0.3 is 0 Å². The topological polar surface area (TPSA) is 9.23 Å². The van der Waals surface area contributed by atoms with Crippen molar-refractivity contribution in [3.05, 3.63) is 60.2 Å². The van der Waals surface area contributed by atoms with E-state index in [1.807, 2.05) is 0 Å². The van der Waals surface area contributed by atoms with Gasteiger partial charge in [0.25, 0.3) is 0 Å². The van der Waals surface area contributed by atoms with E-state index < -0.39 is 36.0 Å². The summed E-state index contributed by atoms with van der Waals surface area (Å²) in [5.74, 6) is 0. The van der Waals surface area contributed by atoms with Gasteiger partial charge in [-0.05, 0) is 0 Å². The van der Waals surface area contributed by atoms with Crippen LogP contribution in [0, 0.1) is 0 Å². The first-order valence-electron chi connectivity index (χ1n) is 7.07. The molecule has 1 aliphatic rings. The molecule has 0 saturated carbocycles. The fraction of sp³-hybridized carbons (Fsp3) is 0.250. The minimum atomic E-state index is -5.89. The fourth-order valence-electron chi connectivity index (χ4n) is 3.17. The Labute approximate surface area is 138 Å². The van der Waals surface area contributed by atoms with Crippen molar-refractivity contribution in [1.29, 1.82) is 0 Å². The van der Waals surface area contributed by atoms with Crippen LogP contribution in [0.3, 0.4) is 0 Å². The van der Waals surface area contributed by atoms with Crippen molar-refractivity contribution in [2.45, 2.75) is 18.0 Å². The van der Waals surface area contributed by atoms with E-state index in [4.69, 9.17) is 0 Å². The van der Waals surface area contributed by atoms with Gasteiger partial charge in [0.1, 0.15) is 0 Å².